The molecule has 4 rings (SSSR count). The van der Waals surface area contributed by atoms with E-state index in [9.17, 15) is 14.4 Å². The Labute approximate surface area is 205 Å². The summed E-state index contributed by atoms with van der Waals surface area (Å²) in [5.41, 5.74) is 3.67. The van der Waals surface area contributed by atoms with Crippen molar-refractivity contribution in [2.24, 2.45) is 0 Å². The van der Waals surface area contributed by atoms with E-state index in [1.165, 1.54) is 10.5 Å². The average molecular weight is 472 g/mol. The van der Waals surface area contributed by atoms with Crippen LogP contribution in [0, 0.1) is 0 Å². The van der Waals surface area contributed by atoms with E-state index in [1.807, 2.05) is 45.3 Å². The van der Waals surface area contributed by atoms with Gasteiger partial charge in [-0.25, -0.2) is 0 Å². The largest absolute Gasteiger partial charge is 0.493 e. The van der Waals surface area contributed by atoms with Crippen LogP contribution in [-0.4, -0.2) is 54.8 Å². The zero-order chi connectivity index (χ0) is 24.9. The third kappa shape index (κ3) is 5.41. The molecular formula is C28H29N3O4. The first kappa shape index (κ1) is 24.2. The number of likely N-dealkylation sites (N-methyl/N-ethyl adjacent to an activating group) is 1. The number of nitrogens with zero attached hydrogens (tertiary/aromatic N) is 2. The van der Waals surface area contributed by atoms with Gasteiger partial charge in [-0.05, 0) is 75.0 Å². The maximum absolute atomic E-state index is 13.2. The number of rotatable bonds is 9. The van der Waals surface area contributed by atoms with Gasteiger partial charge in [0.25, 0.3) is 17.7 Å². The van der Waals surface area contributed by atoms with Gasteiger partial charge in [0.1, 0.15) is 5.75 Å². The number of amides is 3. The van der Waals surface area contributed by atoms with Crippen LogP contribution in [0.5, 0.6) is 5.75 Å². The summed E-state index contributed by atoms with van der Waals surface area (Å²) in [5, 5.41) is 2.92. The molecule has 35 heavy (non-hydrogen) atoms. The summed E-state index contributed by atoms with van der Waals surface area (Å²) in [5.74, 6) is -0.544. The van der Waals surface area contributed by atoms with Crippen molar-refractivity contribution in [3.8, 4) is 5.75 Å². The molecule has 1 heterocycles. The number of imide groups is 1. The van der Waals surface area contributed by atoms with Crippen LogP contribution in [0.2, 0.25) is 0 Å². The number of benzene rings is 3. The van der Waals surface area contributed by atoms with Crippen LogP contribution in [0.4, 0.5) is 5.69 Å². The standard InChI is InChI=1S/C28H29N3O4/c1-4-35-25-14-11-20(18-31-27(33)22-7-5-6-8-23(22)28(31)34)17-24(25)26(32)29-21-12-9-19(10-13-21)15-16-30(2)3/h5-14,17H,4,15-16,18H2,1-3H3,(H,29,32). The highest BCUT2D eigenvalue weighted by Gasteiger charge is 2.35. The van der Waals surface area contributed by atoms with Gasteiger partial charge in [-0.1, -0.05) is 30.3 Å². The van der Waals surface area contributed by atoms with E-state index < -0.39 is 0 Å². The Kier molecular flexibility index (Phi) is 7.27. The van der Waals surface area contributed by atoms with Crippen molar-refractivity contribution in [3.63, 3.8) is 0 Å². The molecule has 0 radical (unpaired) electrons. The van der Waals surface area contributed by atoms with Crippen molar-refractivity contribution < 1.29 is 19.1 Å². The summed E-state index contributed by atoms with van der Waals surface area (Å²) < 4.78 is 5.67. The number of ether oxygens (including phenoxy) is 1. The van der Waals surface area contributed by atoms with Crippen LogP contribution >= 0.6 is 0 Å². The van der Waals surface area contributed by atoms with Gasteiger partial charge in [0.05, 0.1) is 29.8 Å². The number of carbonyl (C=O) groups excluding carboxylic acids is 3. The molecule has 0 bridgehead atoms. The van der Waals surface area contributed by atoms with Crippen molar-refractivity contribution in [2.45, 2.75) is 19.9 Å². The first-order valence-corrected chi connectivity index (χ1v) is 11.6. The lowest BCUT2D eigenvalue weighted by atomic mass is 10.1. The third-order valence-electron chi connectivity index (χ3n) is 5.87. The fourth-order valence-corrected chi connectivity index (χ4v) is 4.01. The van der Waals surface area contributed by atoms with Gasteiger partial charge in [-0.2, -0.15) is 0 Å². The molecule has 3 aromatic rings. The van der Waals surface area contributed by atoms with E-state index >= 15 is 0 Å². The summed E-state index contributed by atoms with van der Waals surface area (Å²) >= 11 is 0. The Bertz CT molecular complexity index is 1220. The van der Waals surface area contributed by atoms with Crippen LogP contribution in [0.3, 0.4) is 0 Å². The molecular weight excluding hydrogens is 442 g/mol. The second-order valence-corrected chi connectivity index (χ2v) is 8.71. The number of carbonyl (C=O) groups is 3. The van der Waals surface area contributed by atoms with Crippen molar-refractivity contribution >= 4 is 23.4 Å². The molecule has 1 aliphatic heterocycles. The highest BCUT2D eigenvalue weighted by Crippen LogP contribution is 2.27. The molecule has 0 spiro atoms. The monoisotopic (exact) mass is 471 g/mol. The number of nitrogens with one attached hydrogen (secondary N) is 1. The summed E-state index contributed by atoms with van der Waals surface area (Å²) in [7, 11) is 4.07. The van der Waals surface area contributed by atoms with E-state index in [1.54, 1.807) is 42.5 Å². The van der Waals surface area contributed by atoms with Gasteiger partial charge in [0.2, 0.25) is 0 Å². The summed E-state index contributed by atoms with van der Waals surface area (Å²) in [6.45, 7) is 3.27. The van der Waals surface area contributed by atoms with Gasteiger partial charge in [-0.15, -0.1) is 0 Å². The third-order valence-corrected chi connectivity index (χ3v) is 5.87. The quantitative estimate of drug-likeness (QED) is 0.473. The van der Waals surface area contributed by atoms with Crippen molar-refractivity contribution in [1.29, 1.82) is 0 Å². The fourth-order valence-electron chi connectivity index (χ4n) is 4.01. The van der Waals surface area contributed by atoms with E-state index in [0.29, 0.717) is 40.3 Å². The normalized spacial score (nSPS) is 12.7. The molecule has 3 amide bonds. The van der Waals surface area contributed by atoms with E-state index in [0.717, 1.165) is 13.0 Å². The number of fused-ring (bicyclic) bond motifs is 1. The van der Waals surface area contributed by atoms with Crippen LogP contribution < -0.4 is 10.1 Å². The molecule has 0 atom stereocenters. The lowest BCUT2D eigenvalue weighted by Crippen LogP contribution is -2.29. The Morgan fingerprint density at radius 2 is 1.54 bits per heavy atom. The van der Waals surface area contributed by atoms with Crippen molar-refractivity contribution in [2.75, 3.05) is 32.6 Å². The van der Waals surface area contributed by atoms with E-state index in [2.05, 4.69) is 10.2 Å². The first-order valence-electron chi connectivity index (χ1n) is 11.6. The topological polar surface area (TPSA) is 78.9 Å². The Balaban J connectivity index is 1.52. The molecule has 180 valence electrons. The molecule has 0 aromatic heterocycles. The second-order valence-electron chi connectivity index (χ2n) is 8.71. The molecule has 1 aliphatic rings. The lowest BCUT2D eigenvalue weighted by Gasteiger charge is -2.16. The first-order chi connectivity index (χ1) is 16.9. The van der Waals surface area contributed by atoms with Crippen LogP contribution in [0.25, 0.3) is 0 Å². The zero-order valence-corrected chi connectivity index (χ0v) is 20.2. The summed E-state index contributed by atoms with van der Waals surface area (Å²) in [4.78, 5) is 42.0. The minimum Gasteiger partial charge on any atom is -0.493 e. The van der Waals surface area contributed by atoms with Crippen molar-refractivity contribution in [1.82, 2.24) is 9.80 Å². The Hall–Kier alpha value is -3.97. The van der Waals surface area contributed by atoms with Crippen LogP contribution in [0.15, 0.2) is 66.7 Å². The SMILES string of the molecule is CCOc1ccc(CN2C(=O)c3ccccc3C2=O)cc1C(=O)Nc1ccc(CCN(C)C)cc1. The predicted octanol–water partition coefficient (Wildman–Crippen LogP) is 4.24. The highest BCUT2D eigenvalue weighted by molar-refractivity contribution is 6.21. The van der Waals surface area contributed by atoms with Crippen molar-refractivity contribution in [3.05, 3.63) is 94.5 Å². The van der Waals surface area contributed by atoms with E-state index in [4.69, 9.17) is 4.74 Å². The Morgan fingerprint density at radius 1 is 0.914 bits per heavy atom. The minimum atomic E-state index is -0.333. The molecule has 0 fully saturated rings. The van der Waals surface area contributed by atoms with Crippen LogP contribution in [0.1, 0.15) is 49.1 Å². The number of anilines is 1. The maximum Gasteiger partial charge on any atom is 0.261 e. The average Bonchev–Trinajstić information content (AvgIpc) is 3.09. The number of hydrogen-bond donors (Lipinski definition) is 1. The van der Waals surface area contributed by atoms with E-state index in [-0.39, 0.29) is 24.3 Å². The molecule has 3 aromatic carbocycles. The maximum atomic E-state index is 13.2. The van der Waals surface area contributed by atoms with Crippen LogP contribution in [-0.2, 0) is 13.0 Å². The van der Waals surface area contributed by atoms with Gasteiger partial charge < -0.3 is 15.0 Å². The molecule has 0 aliphatic carbocycles. The lowest BCUT2D eigenvalue weighted by molar-refractivity contribution is 0.0642. The molecule has 0 saturated heterocycles. The Morgan fingerprint density at radius 3 is 2.14 bits per heavy atom. The fraction of sp³-hybridized carbons (Fsp3) is 0.250. The molecule has 1 N–H and O–H groups in total. The smallest absolute Gasteiger partial charge is 0.261 e. The number of hydrogen-bond acceptors (Lipinski definition) is 5. The molecule has 0 saturated carbocycles. The molecule has 0 unspecified atom stereocenters. The van der Waals surface area contributed by atoms with Gasteiger partial charge >= 0.3 is 0 Å². The summed E-state index contributed by atoms with van der Waals surface area (Å²) in [6, 6.07) is 19.7. The van der Waals surface area contributed by atoms with Gasteiger partial charge in [-0.3, -0.25) is 19.3 Å². The highest BCUT2D eigenvalue weighted by atomic mass is 16.5. The second kappa shape index (κ2) is 10.5. The van der Waals surface area contributed by atoms with Gasteiger partial charge in [0, 0.05) is 12.2 Å². The zero-order valence-electron chi connectivity index (χ0n) is 20.2. The molecule has 7 heteroatoms. The minimum absolute atomic E-state index is 0.0691. The summed E-state index contributed by atoms with van der Waals surface area (Å²) in [6.07, 6.45) is 0.926. The molecule has 7 nitrogen and oxygen atoms in total. The van der Waals surface area contributed by atoms with Gasteiger partial charge in [0.15, 0.2) is 0 Å². The predicted molar refractivity (Wildman–Crippen MR) is 135 cm³/mol.